The fourth-order valence-electron chi connectivity index (χ4n) is 2.42. The van der Waals surface area contributed by atoms with Crippen LogP contribution in [0.3, 0.4) is 0 Å². The normalized spacial score (nSPS) is 10.3. The summed E-state index contributed by atoms with van der Waals surface area (Å²) < 4.78 is 0. The van der Waals surface area contributed by atoms with Gasteiger partial charge in [0.15, 0.2) is 0 Å². The number of para-hydroxylation sites is 2. The summed E-state index contributed by atoms with van der Waals surface area (Å²) in [5.74, 6) is 0. The Morgan fingerprint density at radius 2 is 1.45 bits per heavy atom. The molecule has 4 aromatic rings. The fourth-order valence-corrected chi connectivity index (χ4v) is 2.42. The highest BCUT2D eigenvalue weighted by atomic mass is 14.7. The highest BCUT2D eigenvalue weighted by Crippen LogP contribution is 2.13. The molecule has 0 saturated carbocycles. The van der Waals surface area contributed by atoms with Gasteiger partial charge in [-0.15, -0.1) is 0 Å². The monoisotopic (exact) mass is 286 g/mol. The third kappa shape index (κ3) is 3.12. The van der Waals surface area contributed by atoms with Crippen LogP contribution in [0.4, 0.5) is 0 Å². The number of aryl methyl sites for hydroxylation is 2. The third-order valence-electron chi connectivity index (χ3n) is 3.57. The number of rotatable bonds is 0. The highest BCUT2D eigenvalue weighted by molar-refractivity contribution is 5.81. The lowest BCUT2D eigenvalue weighted by atomic mass is 10.1. The molecule has 2 nitrogen and oxygen atoms in total. The second-order valence-corrected chi connectivity index (χ2v) is 5.30. The average Bonchev–Trinajstić information content (AvgIpc) is 2.56. The van der Waals surface area contributed by atoms with E-state index in [0.717, 1.165) is 16.7 Å². The summed E-state index contributed by atoms with van der Waals surface area (Å²) in [6.45, 7) is 4.09. The van der Waals surface area contributed by atoms with Crippen LogP contribution in [0.15, 0.2) is 72.9 Å². The maximum Gasteiger partial charge on any atom is 0.0731 e. The molecule has 0 aliphatic rings. The van der Waals surface area contributed by atoms with E-state index in [1.807, 2.05) is 43.5 Å². The van der Waals surface area contributed by atoms with Crippen LogP contribution in [0, 0.1) is 13.8 Å². The Morgan fingerprint density at radius 1 is 0.682 bits per heavy atom. The summed E-state index contributed by atoms with van der Waals surface area (Å²) in [7, 11) is 0. The van der Waals surface area contributed by atoms with Gasteiger partial charge in [-0.05, 0) is 37.6 Å². The van der Waals surface area contributed by atoms with Gasteiger partial charge in [-0.25, -0.2) is 0 Å². The molecule has 0 N–H and O–H groups in total. The molecule has 4 rings (SSSR count). The van der Waals surface area contributed by atoms with Crippen molar-refractivity contribution in [2.45, 2.75) is 13.8 Å². The number of hydrogen-bond donors (Lipinski definition) is 0. The molecule has 0 fully saturated rings. The van der Waals surface area contributed by atoms with E-state index < -0.39 is 0 Å². The first kappa shape index (κ1) is 14.2. The van der Waals surface area contributed by atoms with Crippen molar-refractivity contribution in [2.24, 2.45) is 0 Å². The summed E-state index contributed by atoms with van der Waals surface area (Å²) in [6.07, 6.45) is 1.83. The quantitative estimate of drug-likeness (QED) is 0.450. The molecule has 22 heavy (non-hydrogen) atoms. The molecule has 2 aromatic carbocycles. The van der Waals surface area contributed by atoms with Gasteiger partial charge in [-0.2, -0.15) is 0 Å². The van der Waals surface area contributed by atoms with Crippen LogP contribution in [-0.2, 0) is 0 Å². The number of fused-ring (bicyclic) bond motifs is 2. The summed E-state index contributed by atoms with van der Waals surface area (Å²) in [5.41, 5.74) is 4.49. The Morgan fingerprint density at radius 3 is 2.32 bits per heavy atom. The van der Waals surface area contributed by atoms with Crippen molar-refractivity contribution in [1.82, 2.24) is 9.97 Å². The maximum atomic E-state index is 4.38. The second-order valence-electron chi connectivity index (χ2n) is 5.30. The molecule has 0 saturated heterocycles. The molecule has 0 aliphatic heterocycles. The first-order valence-corrected chi connectivity index (χ1v) is 7.37. The molecule has 0 amide bonds. The van der Waals surface area contributed by atoms with Crippen LogP contribution in [0.5, 0.6) is 0 Å². The van der Waals surface area contributed by atoms with Crippen molar-refractivity contribution in [3.63, 3.8) is 0 Å². The standard InChI is InChI=1S/2C10H9N/c1-8-4-2-5-9-6-3-7-11-10(8)9;1-8-6-7-9-4-2-3-5-10(9)11-8/h2*2-7H,1H3. The van der Waals surface area contributed by atoms with E-state index in [2.05, 4.69) is 53.3 Å². The predicted octanol–water partition coefficient (Wildman–Crippen LogP) is 5.09. The fraction of sp³-hybridized carbons (Fsp3) is 0.100. The minimum atomic E-state index is 1.07. The van der Waals surface area contributed by atoms with Crippen molar-refractivity contribution >= 4 is 21.8 Å². The number of aromatic nitrogens is 2. The third-order valence-corrected chi connectivity index (χ3v) is 3.57. The van der Waals surface area contributed by atoms with Gasteiger partial charge in [-0.1, -0.05) is 48.5 Å². The maximum absolute atomic E-state index is 4.38. The van der Waals surface area contributed by atoms with Crippen LogP contribution < -0.4 is 0 Å². The predicted molar refractivity (Wildman–Crippen MR) is 93.0 cm³/mol. The van der Waals surface area contributed by atoms with E-state index in [4.69, 9.17) is 0 Å². The topological polar surface area (TPSA) is 25.8 Å². The molecular formula is C20H18N2. The Bertz CT molecular complexity index is 902. The molecule has 2 heterocycles. The van der Waals surface area contributed by atoms with E-state index in [1.165, 1.54) is 16.3 Å². The van der Waals surface area contributed by atoms with Crippen LogP contribution >= 0.6 is 0 Å². The summed E-state index contributed by atoms with van der Waals surface area (Å²) in [4.78, 5) is 8.66. The van der Waals surface area contributed by atoms with E-state index in [1.54, 1.807) is 0 Å². The first-order valence-electron chi connectivity index (χ1n) is 7.37. The summed E-state index contributed by atoms with van der Waals surface area (Å²) in [5, 5.41) is 2.42. The van der Waals surface area contributed by atoms with E-state index in [0.29, 0.717) is 0 Å². The number of nitrogens with zero attached hydrogens (tertiary/aromatic N) is 2. The lowest BCUT2D eigenvalue weighted by molar-refractivity contribution is 1.26. The van der Waals surface area contributed by atoms with Crippen molar-refractivity contribution < 1.29 is 0 Å². The average molecular weight is 286 g/mol. The van der Waals surface area contributed by atoms with Crippen molar-refractivity contribution in [3.8, 4) is 0 Å². The van der Waals surface area contributed by atoms with Gasteiger partial charge in [-0.3, -0.25) is 9.97 Å². The molecule has 0 aliphatic carbocycles. The number of hydrogen-bond acceptors (Lipinski definition) is 2. The minimum absolute atomic E-state index is 1.07. The molecule has 2 heteroatoms. The Kier molecular flexibility index (Phi) is 4.10. The zero-order valence-corrected chi connectivity index (χ0v) is 12.8. The summed E-state index contributed by atoms with van der Waals surface area (Å²) in [6, 6.07) is 22.5. The molecule has 108 valence electrons. The van der Waals surface area contributed by atoms with Gasteiger partial charge in [0.25, 0.3) is 0 Å². The largest absolute Gasteiger partial charge is 0.256 e. The zero-order chi connectivity index (χ0) is 15.4. The van der Waals surface area contributed by atoms with Gasteiger partial charge >= 0.3 is 0 Å². The minimum Gasteiger partial charge on any atom is -0.256 e. The zero-order valence-electron chi connectivity index (χ0n) is 12.8. The SMILES string of the molecule is Cc1ccc2ccccc2n1.Cc1cccc2cccnc12. The molecule has 0 unspecified atom stereocenters. The first-order chi connectivity index (χ1) is 10.7. The van der Waals surface area contributed by atoms with Crippen molar-refractivity contribution in [1.29, 1.82) is 0 Å². The van der Waals surface area contributed by atoms with Crippen LogP contribution in [0.1, 0.15) is 11.3 Å². The van der Waals surface area contributed by atoms with Crippen LogP contribution in [-0.4, -0.2) is 9.97 Å². The molecule has 0 bridgehead atoms. The number of benzene rings is 2. The summed E-state index contributed by atoms with van der Waals surface area (Å²) >= 11 is 0. The van der Waals surface area contributed by atoms with Crippen LogP contribution in [0.25, 0.3) is 21.8 Å². The Balaban J connectivity index is 0.000000131. The van der Waals surface area contributed by atoms with Gasteiger partial charge < -0.3 is 0 Å². The molecule has 0 radical (unpaired) electrons. The van der Waals surface area contributed by atoms with E-state index in [-0.39, 0.29) is 0 Å². The van der Waals surface area contributed by atoms with E-state index >= 15 is 0 Å². The Hall–Kier alpha value is -2.74. The lowest BCUT2D eigenvalue weighted by Crippen LogP contribution is -1.80. The van der Waals surface area contributed by atoms with E-state index in [9.17, 15) is 0 Å². The Labute approximate surface area is 130 Å². The van der Waals surface area contributed by atoms with Gasteiger partial charge in [0.05, 0.1) is 11.0 Å². The van der Waals surface area contributed by atoms with Gasteiger partial charge in [0.2, 0.25) is 0 Å². The lowest BCUT2D eigenvalue weighted by Gasteiger charge is -1.97. The van der Waals surface area contributed by atoms with Gasteiger partial charge in [0.1, 0.15) is 0 Å². The molecule has 0 atom stereocenters. The molecule has 2 aromatic heterocycles. The molecule has 0 spiro atoms. The number of pyridine rings is 2. The van der Waals surface area contributed by atoms with Gasteiger partial charge in [0, 0.05) is 22.7 Å². The van der Waals surface area contributed by atoms with Crippen molar-refractivity contribution in [3.05, 3.63) is 84.2 Å². The smallest absolute Gasteiger partial charge is 0.0731 e. The second kappa shape index (κ2) is 6.35. The van der Waals surface area contributed by atoms with Crippen LogP contribution in [0.2, 0.25) is 0 Å². The van der Waals surface area contributed by atoms with Crippen molar-refractivity contribution in [2.75, 3.05) is 0 Å². The highest BCUT2D eigenvalue weighted by Gasteiger charge is 1.93. The molecular weight excluding hydrogens is 268 g/mol.